The molecule has 108 valence electrons. The van der Waals surface area contributed by atoms with Gasteiger partial charge >= 0.3 is 0 Å². The molecule has 1 aromatic heterocycles. The Balaban J connectivity index is 2.18. The standard InChI is InChI=1S/C16H29N3/c1-6-17-16(15-10-18-19(5)13(15)4)14-8-7-11(2)12(3)9-14/h10-12,14,16-17H,6-9H2,1-5H3. The van der Waals surface area contributed by atoms with Gasteiger partial charge in [0.1, 0.15) is 0 Å². The van der Waals surface area contributed by atoms with Gasteiger partial charge in [0.25, 0.3) is 0 Å². The molecule has 0 amide bonds. The first-order valence-electron chi connectivity index (χ1n) is 7.76. The van der Waals surface area contributed by atoms with Gasteiger partial charge in [0, 0.05) is 24.3 Å². The highest BCUT2D eigenvalue weighted by Crippen LogP contribution is 2.40. The van der Waals surface area contributed by atoms with E-state index < -0.39 is 0 Å². The predicted octanol–water partition coefficient (Wildman–Crippen LogP) is 3.45. The zero-order chi connectivity index (χ0) is 14.0. The van der Waals surface area contributed by atoms with Gasteiger partial charge in [-0.1, -0.05) is 27.2 Å². The molecule has 0 saturated heterocycles. The Morgan fingerprint density at radius 3 is 2.63 bits per heavy atom. The number of rotatable bonds is 4. The molecule has 0 radical (unpaired) electrons. The van der Waals surface area contributed by atoms with Gasteiger partial charge in [-0.05, 0) is 44.1 Å². The molecule has 0 bridgehead atoms. The SMILES string of the molecule is CCNC(c1cnn(C)c1C)C1CCC(C)C(C)C1. The maximum atomic E-state index is 4.42. The summed E-state index contributed by atoms with van der Waals surface area (Å²) in [4.78, 5) is 0. The summed E-state index contributed by atoms with van der Waals surface area (Å²) in [6, 6.07) is 0.480. The maximum Gasteiger partial charge on any atom is 0.0540 e. The lowest BCUT2D eigenvalue weighted by Crippen LogP contribution is -2.33. The van der Waals surface area contributed by atoms with Crippen molar-refractivity contribution in [1.29, 1.82) is 0 Å². The van der Waals surface area contributed by atoms with Crippen LogP contribution in [-0.4, -0.2) is 16.3 Å². The van der Waals surface area contributed by atoms with Gasteiger partial charge in [0.05, 0.1) is 6.20 Å². The molecule has 1 fully saturated rings. The van der Waals surface area contributed by atoms with Gasteiger partial charge in [-0.15, -0.1) is 0 Å². The van der Waals surface area contributed by atoms with Crippen LogP contribution in [0.25, 0.3) is 0 Å². The van der Waals surface area contributed by atoms with E-state index in [1.54, 1.807) is 0 Å². The zero-order valence-corrected chi connectivity index (χ0v) is 13.1. The van der Waals surface area contributed by atoms with Crippen LogP contribution in [0.3, 0.4) is 0 Å². The first-order chi connectivity index (χ1) is 9.04. The predicted molar refractivity (Wildman–Crippen MR) is 80.0 cm³/mol. The van der Waals surface area contributed by atoms with Crippen LogP contribution in [0.4, 0.5) is 0 Å². The van der Waals surface area contributed by atoms with Crippen LogP contribution in [-0.2, 0) is 7.05 Å². The summed E-state index contributed by atoms with van der Waals surface area (Å²) in [6.07, 6.45) is 6.11. The molecule has 3 heteroatoms. The van der Waals surface area contributed by atoms with Crippen LogP contribution < -0.4 is 5.32 Å². The first kappa shape index (κ1) is 14.6. The summed E-state index contributed by atoms with van der Waals surface area (Å²) in [6.45, 7) is 10.2. The van der Waals surface area contributed by atoms with Gasteiger partial charge in [-0.25, -0.2) is 0 Å². The Kier molecular flexibility index (Phi) is 4.67. The van der Waals surface area contributed by atoms with Crippen molar-refractivity contribution in [1.82, 2.24) is 15.1 Å². The molecule has 0 spiro atoms. The summed E-state index contributed by atoms with van der Waals surface area (Å²) in [5.74, 6) is 2.49. The van der Waals surface area contributed by atoms with E-state index in [1.165, 1.54) is 30.5 Å². The van der Waals surface area contributed by atoms with E-state index in [-0.39, 0.29) is 0 Å². The average molecular weight is 263 g/mol. The second-order valence-electron chi connectivity index (χ2n) is 6.37. The fraction of sp³-hybridized carbons (Fsp3) is 0.812. The minimum Gasteiger partial charge on any atom is -0.310 e. The van der Waals surface area contributed by atoms with E-state index in [2.05, 4.69) is 44.3 Å². The second kappa shape index (κ2) is 6.08. The number of nitrogens with zero attached hydrogens (tertiary/aromatic N) is 2. The van der Waals surface area contributed by atoms with Crippen molar-refractivity contribution >= 4 is 0 Å². The van der Waals surface area contributed by atoms with Crippen LogP contribution in [0.15, 0.2) is 6.20 Å². The van der Waals surface area contributed by atoms with Crippen LogP contribution in [0.1, 0.15) is 57.3 Å². The second-order valence-corrected chi connectivity index (χ2v) is 6.37. The molecular weight excluding hydrogens is 234 g/mol. The Morgan fingerprint density at radius 1 is 1.37 bits per heavy atom. The molecule has 19 heavy (non-hydrogen) atoms. The molecule has 3 nitrogen and oxygen atoms in total. The lowest BCUT2D eigenvalue weighted by atomic mass is 9.72. The van der Waals surface area contributed by atoms with Gasteiger partial charge < -0.3 is 5.32 Å². The Labute approximate surface area is 117 Å². The first-order valence-corrected chi connectivity index (χ1v) is 7.76. The maximum absolute atomic E-state index is 4.42. The van der Waals surface area contributed by atoms with E-state index in [4.69, 9.17) is 0 Å². The van der Waals surface area contributed by atoms with Crippen molar-refractivity contribution in [2.75, 3.05) is 6.54 Å². The third-order valence-electron chi connectivity index (χ3n) is 5.14. The largest absolute Gasteiger partial charge is 0.310 e. The van der Waals surface area contributed by atoms with E-state index >= 15 is 0 Å². The summed E-state index contributed by atoms with van der Waals surface area (Å²) in [5, 5.41) is 8.13. The third kappa shape index (κ3) is 3.02. The van der Waals surface area contributed by atoms with Crippen LogP contribution in [0.5, 0.6) is 0 Å². The molecule has 1 aromatic rings. The van der Waals surface area contributed by atoms with Gasteiger partial charge in [0.2, 0.25) is 0 Å². The van der Waals surface area contributed by atoms with E-state index in [1.807, 2.05) is 11.7 Å². The molecule has 1 N–H and O–H groups in total. The van der Waals surface area contributed by atoms with Crippen LogP contribution >= 0.6 is 0 Å². The zero-order valence-electron chi connectivity index (χ0n) is 13.1. The Bertz CT molecular complexity index is 410. The summed E-state index contributed by atoms with van der Waals surface area (Å²) >= 11 is 0. The number of aryl methyl sites for hydroxylation is 1. The minimum absolute atomic E-state index is 0.480. The molecule has 4 atom stereocenters. The highest BCUT2D eigenvalue weighted by Gasteiger charge is 2.31. The fourth-order valence-corrected chi connectivity index (χ4v) is 3.46. The molecule has 4 unspecified atom stereocenters. The van der Waals surface area contributed by atoms with Crippen molar-refractivity contribution in [3.63, 3.8) is 0 Å². The molecule has 1 aliphatic rings. The Morgan fingerprint density at radius 2 is 2.11 bits per heavy atom. The average Bonchev–Trinajstić information content (AvgIpc) is 2.71. The smallest absolute Gasteiger partial charge is 0.0540 e. The van der Waals surface area contributed by atoms with Gasteiger partial charge in [-0.3, -0.25) is 4.68 Å². The van der Waals surface area contributed by atoms with Crippen LogP contribution in [0, 0.1) is 24.7 Å². The third-order valence-corrected chi connectivity index (χ3v) is 5.14. The molecule has 0 aliphatic heterocycles. The topological polar surface area (TPSA) is 29.9 Å². The molecule has 2 rings (SSSR count). The van der Waals surface area contributed by atoms with Crippen molar-refractivity contribution < 1.29 is 0 Å². The minimum atomic E-state index is 0.480. The summed E-state index contributed by atoms with van der Waals surface area (Å²) in [7, 11) is 2.04. The number of aromatic nitrogens is 2. The van der Waals surface area contributed by atoms with E-state index in [0.717, 1.165) is 24.3 Å². The van der Waals surface area contributed by atoms with Gasteiger partial charge in [-0.2, -0.15) is 5.10 Å². The fourth-order valence-electron chi connectivity index (χ4n) is 3.46. The quantitative estimate of drug-likeness (QED) is 0.901. The van der Waals surface area contributed by atoms with Crippen molar-refractivity contribution in [2.45, 2.75) is 53.0 Å². The molecule has 1 aliphatic carbocycles. The normalized spacial score (nSPS) is 29.4. The van der Waals surface area contributed by atoms with Gasteiger partial charge in [0.15, 0.2) is 0 Å². The molecule has 0 aromatic carbocycles. The summed E-state index contributed by atoms with van der Waals surface area (Å²) < 4.78 is 1.99. The molecule has 1 saturated carbocycles. The summed E-state index contributed by atoms with van der Waals surface area (Å²) in [5.41, 5.74) is 2.70. The Hall–Kier alpha value is -0.830. The monoisotopic (exact) mass is 263 g/mol. The van der Waals surface area contributed by atoms with Crippen molar-refractivity contribution in [2.24, 2.45) is 24.8 Å². The van der Waals surface area contributed by atoms with E-state index in [9.17, 15) is 0 Å². The lowest BCUT2D eigenvalue weighted by molar-refractivity contribution is 0.171. The number of hydrogen-bond donors (Lipinski definition) is 1. The van der Waals surface area contributed by atoms with Crippen molar-refractivity contribution in [3.05, 3.63) is 17.5 Å². The van der Waals surface area contributed by atoms with E-state index in [0.29, 0.717) is 6.04 Å². The van der Waals surface area contributed by atoms with Crippen molar-refractivity contribution in [3.8, 4) is 0 Å². The lowest BCUT2D eigenvalue weighted by Gasteiger charge is -2.37. The highest BCUT2D eigenvalue weighted by molar-refractivity contribution is 5.21. The highest BCUT2D eigenvalue weighted by atomic mass is 15.3. The molecule has 1 heterocycles. The molecular formula is C16H29N3. The number of hydrogen-bond acceptors (Lipinski definition) is 2. The number of nitrogens with one attached hydrogen (secondary N) is 1. The van der Waals surface area contributed by atoms with Crippen LogP contribution in [0.2, 0.25) is 0 Å².